The molecule has 0 fully saturated rings. The fraction of sp³-hybridized carbons (Fsp3) is 0.538. The number of halogens is 1. The molecule has 0 radical (unpaired) electrons. The van der Waals surface area contributed by atoms with E-state index in [1.165, 1.54) is 0 Å². The number of aryl methyl sites for hydroxylation is 1. The van der Waals surface area contributed by atoms with Crippen LogP contribution in [0.4, 0.5) is 0 Å². The number of nitrogens with one attached hydrogen (secondary N) is 2. The molecule has 0 saturated carbocycles. The van der Waals surface area contributed by atoms with Crippen LogP contribution in [0.1, 0.15) is 22.7 Å². The van der Waals surface area contributed by atoms with Crippen molar-refractivity contribution in [1.29, 1.82) is 0 Å². The summed E-state index contributed by atoms with van der Waals surface area (Å²) in [6.45, 7) is 4.86. The van der Waals surface area contributed by atoms with Gasteiger partial charge >= 0.3 is 0 Å². The van der Waals surface area contributed by atoms with Gasteiger partial charge in [0.05, 0.1) is 7.11 Å². The smallest absolute Gasteiger partial charge is 0.124 e. The van der Waals surface area contributed by atoms with Crippen LogP contribution in [0.15, 0.2) is 6.07 Å². The van der Waals surface area contributed by atoms with E-state index in [9.17, 15) is 0 Å². The van der Waals surface area contributed by atoms with E-state index in [-0.39, 0.29) is 6.04 Å². The van der Waals surface area contributed by atoms with Gasteiger partial charge in [0.25, 0.3) is 0 Å². The van der Waals surface area contributed by atoms with Gasteiger partial charge in [-0.1, -0.05) is 11.6 Å². The van der Waals surface area contributed by atoms with Crippen LogP contribution in [0.25, 0.3) is 0 Å². The minimum atomic E-state index is 0.188. The Balaban J connectivity index is 3.33. The summed E-state index contributed by atoms with van der Waals surface area (Å²) in [5.74, 6) is 0.888. The highest BCUT2D eigenvalue weighted by molar-refractivity contribution is 6.32. The summed E-state index contributed by atoms with van der Waals surface area (Å²) in [6.07, 6.45) is 0. The molecule has 0 aromatic heterocycles. The van der Waals surface area contributed by atoms with E-state index in [1.54, 1.807) is 7.11 Å². The lowest BCUT2D eigenvalue weighted by atomic mass is 9.97. The Labute approximate surface area is 109 Å². The van der Waals surface area contributed by atoms with E-state index in [2.05, 4.69) is 10.6 Å². The fourth-order valence-electron chi connectivity index (χ4n) is 2.09. The molecule has 1 rings (SSSR count). The van der Waals surface area contributed by atoms with Crippen molar-refractivity contribution in [1.82, 2.24) is 10.6 Å². The maximum Gasteiger partial charge on any atom is 0.124 e. The maximum atomic E-state index is 6.31. The summed E-state index contributed by atoms with van der Waals surface area (Å²) < 4.78 is 5.46. The van der Waals surface area contributed by atoms with E-state index >= 15 is 0 Å². The minimum Gasteiger partial charge on any atom is -0.496 e. The van der Waals surface area contributed by atoms with E-state index in [4.69, 9.17) is 16.3 Å². The number of hydrogen-bond acceptors (Lipinski definition) is 3. The Morgan fingerprint density at radius 2 is 2.00 bits per heavy atom. The highest BCUT2D eigenvalue weighted by atomic mass is 35.5. The fourth-order valence-corrected chi connectivity index (χ4v) is 2.25. The van der Waals surface area contributed by atoms with Crippen molar-refractivity contribution >= 4 is 11.6 Å². The van der Waals surface area contributed by atoms with Crippen LogP contribution < -0.4 is 15.4 Å². The third kappa shape index (κ3) is 2.92. The highest BCUT2D eigenvalue weighted by Crippen LogP contribution is 2.35. The Hall–Kier alpha value is -0.770. The number of ether oxygens (including phenoxy) is 1. The standard InChI is InChI=1S/C13H21ClN2O/c1-8-6-11(17-5)12(9(2)13(8)14)10(16-4)7-15-3/h6,10,15-16H,7H2,1-5H3. The number of rotatable bonds is 5. The van der Waals surface area contributed by atoms with Gasteiger partial charge in [-0.3, -0.25) is 0 Å². The van der Waals surface area contributed by atoms with Crippen molar-refractivity contribution in [2.24, 2.45) is 0 Å². The maximum absolute atomic E-state index is 6.31. The van der Waals surface area contributed by atoms with Crippen molar-refractivity contribution in [2.45, 2.75) is 19.9 Å². The van der Waals surface area contributed by atoms with Gasteiger partial charge in [-0.15, -0.1) is 0 Å². The molecule has 0 spiro atoms. The lowest BCUT2D eigenvalue weighted by Gasteiger charge is -2.23. The van der Waals surface area contributed by atoms with Crippen LogP contribution in [0.2, 0.25) is 5.02 Å². The Bertz CT molecular complexity index is 393. The lowest BCUT2D eigenvalue weighted by Crippen LogP contribution is -2.28. The molecule has 0 aliphatic heterocycles. The van der Waals surface area contributed by atoms with Crippen LogP contribution in [0.5, 0.6) is 5.75 Å². The van der Waals surface area contributed by atoms with Gasteiger partial charge in [-0.25, -0.2) is 0 Å². The molecule has 96 valence electrons. The molecular weight excluding hydrogens is 236 g/mol. The third-order valence-electron chi connectivity index (χ3n) is 3.02. The van der Waals surface area contributed by atoms with Crippen LogP contribution >= 0.6 is 11.6 Å². The first-order valence-electron chi connectivity index (χ1n) is 5.72. The molecular formula is C13H21ClN2O. The highest BCUT2D eigenvalue weighted by Gasteiger charge is 2.19. The number of hydrogen-bond donors (Lipinski definition) is 2. The minimum absolute atomic E-state index is 0.188. The van der Waals surface area contributed by atoms with E-state index in [0.29, 0.717) is 0 Å². The zero-order valence-corrected chi connectivity index (χ0v) is 11.9. The van der Waals surface area contributed by atoms with E-state index in [1.807, 2.05) is 34.0 Å². The zero-order chi connectivity index (χ0) is 13.0. The van der Waals surface area contributed by atoms with Gasteiger partial charge in [-0.2, -0.15) is 0 Å². The van der Waals surface area contributed by atoms with Gasteiger partial charge < -0.3 is 15.4 Å². The third-order valence-corrected chi connectivity index (χ3v) is 3.60. The van der Waals surface area contributed by atoms with Crippen LogP contribution in [0.3, 0.4) is 0 Å². The van der Waals surface area contributed by atoms with Gasteiger partial charge in [-0.05, 0) is 45.1 Å². The van der Waals surface area contributed by atoms with Gasteiger partial charge in [0, 0.05) is 23.2 Å². The van der Waals surface area contributed by atoms with Crippen molar-refractivity contribution in [3.05, 3.63) is 27.8 Å². The molecule has 3 nitrogen and oxygen atoms in total. The second-order valence-corrected chi connectivity index (χ2v) is 4.53. The molecule has 1 atom stereocenters. The van der Waals surface area contributed by atoms with Crippen molar-refractivity contribution < 1.29 is 4.74 Å². The Morgan fingerprint density at radius 1 is 1.35 bits per heavy atom. The molecule has 1 aromatic carbocycles. The van der Waals surface area contributed by atoms with Gasteiger partial charge in [0.1, 0.15) is 5.75 Å². The Morgan fingerprint density at radius 3 is 2.47 bits per heavy atom. The molecule has 1 aromatic rings. The summed E-state index contributed by atoms with van der Waals surface area (Å²) in [6, 6.07) is 2.18. The van der Waals surface area contributed by atoms with E-state index < -0.39 is 0 Å². The predicted molar refractivity (Wildman–Crippen MR) is 73.2 cm³/mol. The van der Waals surface area contributed by atoms with Crippen molar-refractivity contribution in [2.75, 3.05) is 27.7 Å². The molecule has 0 aliphatic carbocycles. The first kappa shape index (κ1) is 14.3. The second-order valence-electron chi connectivity index (χ2n) is 4.15. The normalized spacial score (nSPS) is 12.6. The average Bonchev–Trinajstić information content (AvgIpc) is 2.33. The summed E-state index contributed by atoms with van der Waals surface area (Å²) in [4.78, 5) is 0. The SMILES string of the molecule is CNCC(NC)c1c(OC)cc(C)c(Cl)c1C. The summed E-state index contributed by atoms with van der Waals surface area (Å²) in [5.41, 5.74) is 3.25. The lowest BCUT2D eigenvalue weighted by molar-refractivity contribution is 0.399. The van der Waals surface area contributed by atoms with Crippen LogP contribution in [-0.4, -0.2) is 27.7 Å². The predicted octanol–water partition coefficient (Wildman–Crippen LogP) is 2.45. The summed E-state index contributed by atoms with van der Waals surface area (Å²) in [5, 5.41) is 7.27. The average molecular weight is 257 g/mol. The number of benzene rings is 1. The molecule has 0 saturated heterocycles. The molecule has 1 unspecified atom stereocenters. The first-order valence-corrected chi connectivity index (χ1v) is 6.10. The number of methoxy groups -OCH3 is 1. The van der Waals surface area contributed by atoms with Gasteiger partial charge in [0.15, 0.2) is 0 Å². The Kier molecular flexibility index (Phi) is 5.25. The number of likely N-dealkylation sites (N-methyl/N-ethyl adjacent to an activating group) is 2. The molecule has 0 bridgehead atoms. The van der Waals surface area contributed by atoms with Crippen molar-refractivity contribution in [3.63, 3.8) is 0 Å². The second kappa shape index (κ2) is 6.24. The molecule has 4 heteroatoms. The molecule has 0 amide bonds. The molecule has 0 aliphatic rings. The summed E-state index contributed by atoms with van der Waals surface area (Å²) >= 11 is 6.31. The topological polar surface area (TPSA) is 33.3 Å². The molecule has 2 N–H and O–H groups in total. The van der Waals surface area contributed by atoms with Crippen molar-refractivity contribution in [3.8, 4) is 5.75 Å². The summed E-state index contributed by atoms with van der Waals surface area (Å²) in [7, 11) is 5.56. The van der Waals surface area contributed by atoms with E-state index in [0.717, 1.165) is 34.0 Å². The largest absolute Gasteiger partial charge is 0.496 e. The zero-order valence-electron chi connectivity index (χ0n) is 11.1. The van der Waals surface area contributed by atoms with Gasteiger partial charge in [0.2, 0.25) is 0 Å². The first-order chi connectivity index (χ1) is 8.06. The van der Waals surface area contributed by atoms with Crippen LogP contribution in [-0.2, 0) is 0 Å². The monoisotopic (exact) mass is 256 g/mol. The quantitative estimate of drug-likeness (QED) is 0.849. The molecule has 17 heavy (non-hydrogen) atoms. The van der Waals surface area contributed by atoms with Crippen LogP contribution in [0, 0.1) is 13.8 Å². The molecule has 0 heterocycles.